The fourth-order valence-corrected chi connectivity index (χ4v) is 3.33. The second-order valence-corrected chi connectivity index (χ2v) is 7.25. The summed E-state index contributed by atoms with van der Waals surface area (Å²) in [6, 6.07) is 0. The minimum atomic E-state index is -4.14. The Balaban J connectivity index is 0. The zero-order valence-corrected chi connectivity index (χ0v) is 16.7. The van der Waals surface area contributed by atoms with Crippen LogP contribution in [0.4, 0.5) is 0 Å². The molecule has 0 spiro atoms. The second-order valence-electron chi connectivity index (χ2n) is 5.60. The van der Waals surface area contributed by atoms with Gasteiger partial charge in [-0.3, -0.25) is 0 Å². The Morgan fingerprint density at radius 1 is 0.857 bits per heavy atom. The van der Waals surface area contributed by atoms with Crippen LogP contribution in [0.25, 0.3) is 0 Å². The van der Waals surface area contributed by atoms with Crippen molar-refractivity contribution < 1.29 is 47.6 Å². The smallest absolute Gasteiger partial charge is 0.748 e. The molecule has 1 N–H and O–H groups in total. The molecule has 0 fully saturated rings. The molecule has 0 heterocycles. The fraction of sp³-hybridized carbons (Fsp3) is 1.00. The van der Waals surface area contributed by atoms with E-state index in [0.29, 0.717) is 12.8 Å². The fourth-order valence-electron chi connectivity index (χ4n) is 2.42. The molecule has 0 rings (SSSR count). The molecule has 122 valence electrons. The number of rotatable bonds is 14. The summed E-state index contributed by atoms with van der Waals surface area (Å²) in [6.45, 7) is 2.35. The first-order valence-corrected chi connectivity index (χ1v) is 9.55. The van der Waals surface area contributed by atoms with Gasteiger partial charge in [0.25, 0.3) is 0 Å². The number of aliphatic hydroxyl groups excluding tert-OH is 1. The van der Waals surface area contributed by atoms with E-state index in [9.17, 15) is 13.0 Å². The maximum Gasteiger partial charge on any atom is 1.00 e. The van der Waals surface area contributed by atoms with E-state index in [1.165, 1.54) is 0 Å². The van der Waals surface area contributed by atoms with Crippen molar-refractivity contribution in [1.82, 2.24) is 0 Å². The third kappa shape index (κ3) is 15.5. The Bertz CT molecular complexity index is 307. The van der Waals surface area contributed by atoms with Gasteiger partial charge in [-0.25, -0.2) is 8.42 Å². The van der Waals surface area contributed by atoms with Crippen LogP contribution in [0.2, 0.25) is 0 Å². The van der Waals surface area contributed by atoms with Gasteiger partial charge in [0.15, 0.2) is 0 Å². The predicted octanol–water partition coefficient (Wildman–Crippen LogP) is 0.598. The van der Waals surface area contributed by atoms with Gasteiger partial charge in [0.1, 0.15) is 0 Å². The number of hydrogen-bond acceptors (Lipinski definition) is 4. The Morgan fingerprint density at radius 2 is 1.29 bits per heavy atom. The van der Waals surface area contributed by atoms with E-state index >= 15 is 0 Å². The monoisotopic (exact) mass is 330 g/mol. The van der Waals surface area contributed by atoms with E-state index in [4.69, 9.17) is 5.11 Å². The standard InChI is InChI=1S/C15H32O4S.Na/c1-2-3-4-9-12-15(20(17,18)19)13-10-7-5-6-8-11-14-16;/h15-16H,2-14H2,1H3,(H,17,18,19);/q;+1/p-1. The summed E-state index contributed by atoms with van der Waals surface area (Å²) in [5, 5.41) is 7.97. The minimum Gasteiger partial charge on any atom is -0.748 e. The first-order valence-electron chi connectivity index (χ1n) is 8.08. The summed E-state index contributed by atoms with van der Waals surface area (Å²) in [6.07, 6.45) is 10.9. The van der Waals surface area contributed by atoms with E-state index in [-0.39, 0.29) is 36.2 Å². The zero-order chi connectivity index (χ0) is 15.3. The molecule has 0 saturated heterocycles. The molecule has 0 aromatic heterocycles. The summed E-state index contributed by atoms with van der Waals surface area (Å²) < 4.78 is 33.7. The molecule has 0 aliphatic heterocycles. The molecule has 21 heavy (non-hydrogen) atoms. The first-order chi connectivity index (χ1) is 9.52. The molecule has 0 bridgehead atoms. The van der Waals surface area contributed by atoms with Crippen molar-refractivity contribution in [2.75, 3.05) is 6.61 Å². The van der Waals surface area contributed by atoms with E-state index in [1.807, 2.05) is 0 Å². The maximum absolute atomic E-state index is 11.2. The Kier molecular flexibility index (Phi) is 18.1. The third-order valence-electron chi connectivity index (χ3n) is 3.72. The van der Waals surface area contributed by atoms with Crippen LogP contribution in [0, 0.1) is 0 Å². The number of aliphatic hydroxyl groups is 1. The van der Waals surface area contributed by atoms with Gasteiger partial charge in [-0.15, -0.1) is 0 Å². The summed E-state index contributed by atoms with van der Waals surface area (Å²) in [7, 11) is -4.14. The zero-order valence-electron chi connectivity index (χ0n) is 13.8. The molecule has 0 aromatic rings. The van der Waals surface area contributed by atoms with Gasteiger partial charge >= 0.3 is 29.6 Å². The predicted molar refractivity (Wildman–Crippen MR) is 81.6 cm³/mol. The van der Waals surface area contributed by atoms with Crippen LogP contribution in [-0.2, 0) is 10.1 Å². The van der Waals surface area contributed by atoms with Crippen LogP contribution in [0.15, 0.2) is 0 Å². The normalized spacial score (nSPS) is 12.9. The molecule has 4 nitrogen and oxygen atoms in total. The van der Waals surface area contributed by atoms with Crippen LogP contribution in [-0.4, -0.2) is 29.9 Å². The van der Waals surface area contributed by atoms with Gasteiger partial charge in [0, 0.05) is 11.9 Å². The first kappa shape index (κ1) is 24.1. The average Bonchev–Trinajstić information content (AvgIpc) is 2.38. The van der Waals surface area contributed by atoms with Crippen molar-refractivity contribution in [3.8, 4) is 0 Å². The Morgan fingerprint density at radius 3 is 1.71 bits per heavy atom. The van der Waals surface area contributed by atoms with E-state index < -0.39 is 15.4 Å². The van der Waals surface area contributed by atoms with Gasteiger partial charge in [-0.1, -0.05) is 64.7 Å². The van der Waals surface area contributed by atoms with Gasteiger partial charge in [0.05, 0.1) is 10.1 Å². The Hall–Kier alpha value is 0.870. The molecule has 1 unspecified atom stereocenters. The molecular formula is C15H31NaO4S. The van der Waals surface area contributed by atoms with Crippen molar-refractivity contribution in [3.05, 3.63) is 0 Å². The topological polar surface area (TPSA) is 77.4 Å². The largest absolute Gasteiger partial charge is 1.00 e. The van der Waals surface area contributed by atoms with Gasteiger partial charge in [-0.2, -0.15) is 0 Å². The minimum absolute atomic E-state index is 0. The average molecular weight is 330 g/mol. The number of unbranched alkanes of at least 4 members (excludes halogenated alkanes) is 8. The van der Waals surface area contributed by atoms with Crippen LogP contribution in [0.1, 0.15) is 84.0 Å². The molecule has 6 heteroatoms. The van der Waals surface area contributed by atoms with Crippen LogP contribution < -0.4 is 29.6 Å². The van der Waals surface area contributed by atoms with Gasteiger partial charge < -0.3 is 9.66 Å². The summed E-state index contributed by atoms with van der Waals surface area (Å²) in [5.41, 5.74) is 0. The van der Waals surface area contributed by atoms with Crippen molar-refractivity contribution in [1.29, 1.82) is 0 Å². The van der Waals surface area contributed by atoms with Crippen molar-refractivity contribution in [2.24, 2.45) is 0 Å². The maximum atomic E-state index is 11.2. The van der Waals surface area contributed by atoms with Crippen molar-refractivity contribution >= 4 is 10.1 Å². The molecule has 0 aliphatic carbocycles. The quantitative estimate of drug-likeness (QED) is 0.287. The van der Waals surface area contributed by atoms with Crippen molar-refractivity contribution in [3.63, 3.8) is 0 Å². The summed E-state index contributed by atoms with van der Waals surface area (Å²) in [4.78, 5) is 0. The van der Waals surface area contributed by atoms with Gasteiger partial charge in [0.2, 0.25) is 0 Å². The van der Waals surface area contributed by atoms with E-state index in [2.05, 4.69) is 6.92 Å². The summed E-state index contributed by atoms with van der Waals surface area (Å²) in [5.74, 6) is 0. The second kappa shape index (κ2) is 15.8. The molecule has 0 radical (unpaired) electrons. The molecule has 0 saturated carbocycles. The van der Waals surface area contributed by atoms with Crippen LogP contribution >= 0.6 is 0 Å². The number of hydrogen-bond donors (Lipinski definition) is 1. The van der Waals surface area contributed by atoms with Gasteiger partial charge in [-0.05, 0) is 19.3 Å². The van der Waals surface area contributed by atoms with E-state index in [1.54, 1.807) is 0 Å². The molecule has 0 aromatic carbocycles. The molecular weight excluding hydrogens is 299 g/mol. The Labute approximate surface area is 153 Å². The third-order valence-corrected chi connectivity index (χ3v) is 5.01. The van der Waals surface area contributed by atoms with E-state index in [0.717, 1.165) is 64.2 Å². The van der Waals surface area contributed by atoms with Crippen molar-refractivity contribution in [2.45, 2.75) is 89.2 Å². The van der Waals surface area contributed by atoms with Crippen LogP contribution in [0.5, 0.6) is 0 Å². The van der Waals surface area contributed by atoms with Crippen LogP contribution in [0.3, 0.4) is 0 Å². The molecule has 0 aliphatic rings. The summed E-state index contributed by atoms with van der Waals surface area (Å²) >= 11 is 0. The molecule has 1 atom stereocenters. The SMILES string of the molecule is CCCCCCC(CCCCCCCCO)S(=O)(=O)[O-].[Na+]. The molecule has 0 amide bonds.